The molecule has 0 radical (unpaired) electrons. The van der Waals surface area contributed by atoms with E-state index in [0.29, 0.717) is 35.1 Å². The van der Waals surface area contributed by atoms with E-state index in [1.54, 1.807) is 39.0 Å². The molecule has 0 spiro atoms. The molecule has 0 aliphatic heterocycles. The third-order valence-electron chi connectivity index (χ3n) is 6.00. The number of carbonyl (C=O) groups excluding carboxylic acids is 1. The number of nitrogens with zero attached hydrogens (tertiary/aromatic N) is 1. The lowest BCUT2D eigenvalue weighted by atomic mass is 9.99. The number of aliphatic hydroxyl groups is 1. The van der Waals surface area contributed by atoms with Crippen LogP contribution in [0.1, 0.15) is 49.7 Å². The SMILES string of the molecule is COc1ccccc1C(C)C(=O)NC(=N)SC(=N)CCSCCC(=[NH2+])S/C(N)=N/C(O)C(C)c1ccccc1OC. The molecule has 0 aromatic heterocycles. The van der Waals surface area contributed by atoms with Crippen LogP contribution < -0.4 is 25.9 Å². The molecule has 0 aliphatic carbocycles. The summed E-state index contributed by atoms with van der Waals surface area (Å²) in [6.45, 7) is 3.60. The van der Waals surface area contributed by atoms with Crippen LogP contribution in [0.5, 0.6) is 11.5 Å². The molecule has 10 nitrogen and oxygen atoms in total. The topological polar surface area (TPSA) is 179 Å². The van der Waals surface area contributed by atoms with Crippen LogP contribution in [0.2, 0.25) is 0 Å². The Morgan fingerprint density at radius 2 is 1.56 bits per heavy atom. The first-order valence-electron chi connectivity index (χ1n) is 12.9. The molecule has 2 aromatic carbocycles. The molecule has 0 heterocycles. The second-order valence-corrected chi connectivity index (χ2v) is 12.4. The lowest BCUT2D eigenvalue weighted by Gasteiger charge is -2.18. The van der Waals surface area contributed by atoms with Crippen LogP contribution >= 0.6 is 35.3 Å². The maximum Gasteiger partial charge on any atom is 0.233 e. The lowest BCUT2D eigenvalue weighted by molar-refractivity contribution is -0.120. The Morgan fingerprint density at radius 1 is 1.00 bits per heavy atom. The standard InChI is InChI=1S/C28H38N6O4S3/c1-17(19-9-5-7-11-21(19)37-3)25(35)33-27(31)40-23(29)13-15-39-16-14-24(30)41-28(32)34-26(36)18(2)20-10-6-8-12-22(20)38-4/h5-12,17-18,25,29-30,35H,13-16H2,1-4H3,(H2,31,33)(H2,32,34,36)/p+1. The Bertz CT molecular complexity index is 1240. The van der Waals surface area contributed by atoms with Gasteiger partial charge in [-0.1, -0.05) is 43.3 Å². The van der Waals surface area contributed by atoms with Crippen molar-refractivity contribution in [1.29, 1.82) is 10.8 Å². The molecule has 8 N–H and O–H groups in total. The summed E-state index contributed by atoms with van der Waals surface area (Å²) >= 11 is 3.67. The van der Waals surface area contributed by atoms with Gasteiger partial charge in [-0.15, -0.1) is 0 Å². The van der Waals surface area contributed by atoms with E-state index in [2.05, 4.69) is 10.3 Å². The van der Waals surface area contributed by atoms with Crippen molar-refractivity contribution < 1.29 is 24.8 Å². The van der Waals surface area contributed by atoms with Crippen molar-refractivity contribution in [3.8, 4) is 11.5 Å². The maximum absolute atomic E-state index is 12.6. The first-order chi connectivity index (χ1) is 19.6. The van der Waals surface area contributed by atoms with Crippen LogP contribution in [0.4, 0.5) is 0 Å². The molecule has 0 fully saturated rings. The van der Waals surface area contributed by atoms with E-state index < -0.39 is 12.1 Å². The number of methoxy groups -OCH3 is 2. The van der Waals surface area contributed by atoms with E-state index in [1.807, 2.05) is 49.4 Å². The fourth-order valence-corrected chi connectivity index (χ4v) is 6.09. The van der Waals surface area contributed by atoms with Gasteiger partial charge in [-0.25, -0.2) is 4.99 Å². The second kappa shape index (κ2) is 17.7. The highest BCUT2D eigenvalue weighted by molar-refractivity contribution is 8.26. The van der Waals surface area contributed by atoms with Crippen molar-refractivity contribution in [2.24, 2.45) is 10.7 Å². The third kappa shape index (κ3) is 11.4. The van der Waals surface area contributed by atoms with Crippen LogP contribution in [-0.4, -0.2) is 63.4 Å². The van der Waals surface area contributed by atoms with Gasteiger partial charge in [0, 0.05) is 47.4 Å². The highest BCUT2D eigenvalue weighted by atomic mass is 32.2. The van der Waals surface area contributed by atoms with E-state index in [1.165, 1.54) is 0 Å². The van der Waals surface area contributed by atoms with Gasteiger partial charge in [0.15, 0.2) is 16.6 Å². The largest absolute Gasteiger partial charge is 0.496 e. The molecule has 1 amide bonds. The number of aliphatic hydroxyl groups excluding tert-OH is 1. The predicted molar refractivity (Wildman–Crippen MR) is 173 cm³/mol. The van der Waals surface area contributed by atoms with Gasteiger partial charge in [0.05, 0.1) is 25.2 Å². The molecule has 0 saturated carbocycles. The quantitative estimate of drug-likeness (QED) is 0.112. The van der Waals surface area contributed by atoms with Crippen molar-refractivity contribution in [1.82, 2.24) is 5.32 Å². The lowest BCUT2D eigenvalue weighted by Crippen LogP contribution is -2.39. The highest BCUT2D eigenvalue weighted by Gasteiger charge is 2.21. The third-order valence-corrected chi connectivity index (χ3v) is 8.52. The highest BCUT2D eigenvalue weighted by Crippen LogP contribution is 2.29. The average molecular weight is 620 g/mol. The molecular formula is C28H39N6O4S3+. The maximum atomic E-state index is 12.6. The zero-order chi connectivity index (χ0) is 30.4. The molecular weight excluding hydrogens is 581 g/mol. The summed E-state index contributed by atoms with van der Waals surface area (Å²) in [5.41, 5.74) is 7.57. The van der Waals surface area contributed by atoms with Gasteiger partial charge < -0.3 is 25.6 Å². The molecule has 3 unspecified atom stereocenters. The van der Waals surface area contributed by atoms with Crippen molar-refractivity contribution in [2.75, 3.05) is 25.7 Å². The minimum absolute atomic E-state index is 0.0855. The molecule has 41 heavy (non-hydrogen) atoms. The van der Waals surface area contributed by atoms with E-state index >= 15 is 0 Å². The van der Waals surface area contributed by atoms with Gasteiger partial charge in [0.25, 0.3) is 0 Å². The van der Waals surface area contributed by atoms with Gasteiger partial charge in [0.2, 0.25) is 11.0 Å². The number of thioether (sulfide) groups is 3. The van der Waals surface area contributed by atoms with Crippen molar-refractivity contribution in [2.45, 2.75) is 44.8 Å². The van der Waals surface area contributed by atoms with E-state index in [4.69, 9.17) is 31.4 Å². The normalized spacial score (nSPS) is 13.5. The van der Waals surface area contributed by atoms with Crippen LogP contribution in [0, 0.1) is 10.8 Å². The summed E-state index contributed by atoms with van der Waals surface area (Å²) in [4.78, 5) is 16.8. The Morgan fingerprint density at radius 3 is 2.20 bits per heavy atom. The average Bonchev–Trinajstić information content (AvgIpc) is 2.95. The first-order valence-corrected chi connectivity index (χ1v) is 15.6. The number of hydrogen-bond acceptors (Lipinski definition) is 10. The summed E-state index contributed by atoms with van der Waals surface area (Å²) in [6, 6.07) is 14.7. The minimum Gasteiger partial charge on any atom is -0.496 e. The number of hydrogen-bond donors (Lipinski definition) is 6. The van der Waals surface area contributed by atoms with Gasteiger partial charge in [-0.3, -0.25) is 21.0 Å². The summed E-state index contributed by atoms with van der Waals surface area (Å²) in [7, 11) is 3.13. The zero-order valence-electron chi connectivity index (χ0n) is 23.7. The smallest absolute Gasteiger partial charge is 0.233 e. The number of amides is 1. The number of amidine groups is 2. The van der Waals surface area contributed by atoms with Crippen LogP contribution in [0.25, 0.3) is 0 Å². The van der Waals surface area contributed by atoms with E-state index in [0.717, 1.165) is 40.4 Å². The van der Waals surface area contributed by atoms with E-state index in [9.17, 15) is 9.90 Å². The van der Waals surface area contributed by atoms with Crippen LogP contribution in [0.15, 0.2) is 53.5 Å². The zero-order valence-corrected chi connectivity index (χ0v) is 26.1. The number of para-hydroxylation sites is 2. The minimum atomic E-state index is -1.04. The molecule has 0 saturated heterocycles. The fraction of sp³-hybridized carbons (Fsp3) is 0.393. The molecule has 2 rings (SSSR count). The Kier molecular flexibility index (Phi) is 14.8. The fourth-order valence-electron chi connectivity index (χ4n) is 3.68. The molecule has 222 valence electrons. The number of aliphatic imine (C=N–C) groups is 1. The number of nitrogens with two attached hydrogens (primary N) is 2. The monoisotopic (exact) mass is 619 g/mol. The van der Waals surface area contributed by atoms with Crippen LogP contribution in [0.3, 0.4) is 0 Å². The van der Waals surface area contributed by atoms with Gasteiger partial charge >= 0.3 is 0 Å². The summed E-state index contributed by atoms with van der Waals surface area (Å²) in [5, 5.41) is 36.4. The Labute approximate surface area is 254 Å². The summed E-state index contributed by atoms with van der Waals surface area (Å²) < 4.78 is 10.7. The number of carbonyl (C=O) groups is 1. The second-order valence-electron chi connectivity index (χ2n) is 8.90. The Balaban J connectivity index is 1.67. The number of rotatable bonds is 13. The number of benzene rings is 2. The molecule has 13 heteroatoms. The van der Waals surface area contributed by atoms with Crippen LogP contribution in [-0.2, 0) is 4.79 Å². The van der Waals surface area contributed by atoms with Crippen molar-refractivity contribution in [3.63, 3.8) is 0 Å². The first kappa shape index (κ1) is 34.2. The summed E-state index contributed by atoms with van der Waals surface area (Å²) in [6.07, 6.45) is -0.00618. The van der Waals surface area contributed by atoms with Crippen molar-refractivity contribution in [3.05, 3.63) is 59.7 Å². The number of ether oxygens (including phenoxy) is 2. The van der Waals surface area contributed by atoms with Crippen molar-refractivity contribution >= 4 is 61.6 Å². The predicted octanol–water partition coefficient (Wildman–Crippen LogP) is 3.41. The van der Waals surface area contributed by atoms with E-state index in [-0.39, 0.29) is 27.2 Å². The van der Waals surface area contributed by atoms with Gasteiger partial charge in [0.1, 0.15) is 11.5 Å². The molecule has 3 atom stereocenters. The molecule has 0 bridgehead atoms. The van der Waals surface area contributed by atoms with Gasteiger partial charge in [-0.2, -0.15) is 11.8 Å². The van der Waals surface area contributed by atoms with Gasteiger partial charge in [-0.05, 0) is 36.6 Å². The molecule has 2 aromatic rings. The number of nitrogens with one attached hydrogen (secondary N) is 3. The molecule has 0 aliphatic rings. The summed E-state index contributed by atoms with van der Waals surface area (Å²) in [5.74, 6) is 1.52. The Hall–Kier alpha value is -3.00.